The van der Waals surface area contributed by atoms with Crippen LogP contribution in [0.25, 0.3) is 22.1 Å². The molecular formula is C12H6FN3O. The average molecular weight is 227 g/mol. The van der Waals surface area contributed by atoms with E-state index in [4.69, 9.17) is 15.4 Å². The Kier molecular flexibility index (Phi) is 1.80. The fourth-order valence-electron chi connectivity index (χ4n) is 1.81. The summed E-state index contributed by atoms with van der Waals surface area (Å²) < 4.78 is 18.5. The number of pyridine rings is 1. The third-order valence-electron chi connectivity index (χ3n) is 2.59. The lowest BCUT2D eigenvalue weighted by Gasteiger charge is -1.96. The van der Waals surface area contributed by atoms with Crippen LogP contribution >= 0.6 is 0 Å². The van der Waals surface area contributed by atoms with Gasteiger partial charge >= 0.3 is 0 Å². The van der Waals surface area contributed by atoms with E-state index in [-0.39, 0.29) is 5.56 Å². The Balaban J connectivity index is 2.57. The number of hydrogen-bond donors (Lipinski definition) is 1. The van der Waals surface area contributed by atoms with Gasteiger partial charge in [-0.3, -0.25) is 0 Å². The fraction of sp³-hybridized carbons (Fsp3) is 0. The molecule has 0 fully saturated rings. The molecule has 17 heavy (non-hydrogen) atoms. The van der Waals surface area contributed by atoms with Crippen LogP contribution < -0.4 is 5.73 Å². The minimum Gasteiger partial charge on any atom is -0.453 e. The summed E-state index contributed by atoms with van der Waals surface area (Å²) in [7, 11) is 0. The number of anilines is 1. The fourth-order valence-corrected chi connectivity index (χ4v) is 1.81. The van der Waals surface area contributed by atoms with Crippen molar-refractivity contribution in [3.8, 4) is 6.07 Å². The normalized spacial score (nSPS) is 10.8. The highest BCUT2D eigenvalue weighted by Gasteiger charge is 2.14. The predicted octanol–water partition coefficient (Wildman–Crippen LogP) is 2.57. The Morgan fingerprint density at radius 2 is 2.12 bits per heavy atom. The van der Waals surface area contributed by atoms with Gasteiger partial charge in [-0.2, -0.15) is 9.65 Å². The molecule has 2 N–H and O–H groups in total. The van der Waals surface area contributed by atoms with E-state index in [1.165, 1.54) is 12.1 Å². The lowest BCUT2D eigenvalue weighted by molar-refractivity contribution is 0.586. The highest BCUT2D eigenvalue weighted by Crippen LogP contribution is 2.31. The number of halogens is 1. The maximum absolute atomic E-state index is 13.1. The Morgan fingerprint density at radius 3 is 2.88 bits per heavy atom. The van der Waals surface area contributed by atoms with Crippen molar-refractivity contribution in [3.63, 3.8) is 0 Å². The van der Waals surface area contributed by atoms with Crippen LogP contribution in [-0.2, 0) is 0 Å². The van der Waals surface area contributed by atoms with Gasteiger partial charge in [0.2, 0.25) is 5.95 Å². The molecule has 2 aromatic heterocycles. The molecule has 0 aliphatic rings. The number of rotatable bonds is 0. The summed E-state index contributed by atoms with van der Waals surface area (Å²) >= 11 is 0. The third kappa shape index (κ3) is 1.24. The molecule has 0 aliphatic heterocycles. The largest absolute Gasteiger partial charge is 0.453 e. The number of nitrogen functional groups attached to an aromatic ring is 1. The highest BCUT2D eigenvalue weighted by molar-refractivity contribution is 6.05. The molecule has 82 valence electrons. The van der Waals surface area contributed by atoms with Gasteiger partial charge in [0.25, 0.3) is 0 Å². The molecule has 0 bridgehead atoms. The van der Waals surface area contributed by atoms with Crippen molar-refractivity contribution in [2.24, 2.45) is 0 Å². The average Bonchev–Trinajstić information content (AvgIpc) is 2.67. The van der Waals surface area contributed by atoms with E-state index in [1.807, 2.05) is 6.07 Å². The van der Waals surface area contributed by atoms with Crippen molar-refractivity contribution in [3.05, 3.63) is 35.8 Å². The van der Waals surface area contributed by atoms with Crippen LogP contribution in [0.4, 0.5) is 10.1 Å². The maximum atomic E-state index is 13.1. The minimum absolute atomic E-state index is 0.251. The number of nitriles is 1. The van der Waals surface area contributed by atoms with E-state index in [0.717, 1.165) is 0 Å². The van der Waals surface area contributed by atoms with Crippen molar-refractivity contribution < 1.29 is 8.81 Å². The van der Waals surface area contributed by atoms with Gasteiger partial charge in [-0.1, -0.05) is 0 Å². The van der Waals surface area contributed by atoms with E-state index in [1.54, 1.807) is 12.1 Å². The molecule has 0 saturated carbocycles. The lowest BCUT2D eigenvalue weighted by atomic mass is 10.1. The highest BCUT2D eigenvalue weighted by atomic mass is 19.1. The zero-order valence-corrected chi connectivity index (χ0v) is 8.57. The standard InChI is InChI=1S/C12H6FN3O/c13-10-4-3-9-11(16-10)6-1-2-8(15)7(5-14)12(6)17-9/h1-4H,15H2. The first kappa shape index (κ1) is 9.60. The molecule has 3 rings (SSSR count). The molecule has 5 heteroatoms. The van der Waals surface area contributed by atoms with Crippen molar-refractivity contribution >= 4 is 27.8 Å². The van der Waals surface area contributed by atoms with E-state index in [2.05, 4.69) is 4.98 Å². The van der Waals surface area contributed by atoms with Gasteiger partial charge in [-0.25, -0.2) is 4.98 Å². The lowest BCUT2D eigenvalue weighted by Crippen LogP contribution is -1.89. The molecule has 0 unspecified atom stereocenters. The second-order valence-electron chi connectivity index (χ2n) is 3.60. The summed E-state index contributed by atoms with van der Waals surface area (Å²) in [5.74, 6) is -0.587. The van der Waals surface area contributed by atoms with Crippen molar-refractivity contribution in [2.75, 3.05) is 5.73 Å². The summed E-state index contributed by atoms with van der Waals surface area (Å²) in [4.78, 5) is 3.76. The SMILES string of the molecule is N#Cc1c(N)ccc2c1oc1ccc(F)nc12. The van der Waals surface area contributed by atoms with E-state index in [9.17, 15) is 4.39 Å². The predicted molar refractivity (Wildman–Crippen MR) is 60.6 cm³/mol. The van der Waals surface area contributed by atoms with E-state index < -0.39 is 5.95 Å². The minimum atomic E-state index is -0.587. The maximum Gasteiger partial charge on any atom is 0.213 e. The van der Waals surface area contributed by atoms with E-state index in [0.29, 0.717) is 27.8 Å². The molecule has 0 saturated heterocycles. The van der Waals surface area contributed by atoms with Gasteiger partial charge in [-0.05, 0) is 24.3 Å². The van der Waals surface area contributed by atoms with Crippen LogP contribution in [0.3, 0.4) is 0 Å². The van der Waals surface area contributed by atoms with Crippen LogP contribution in [0.2, 0.25) is 0 Å². The van der Waals surface area contributed by atoms with Crippen LogP contribution in [0, 0.1) is 17.3 Å². The van der Waals surface area contributed by atoms with Crippen molar-refractivity contribution in [1.29, 1.82) is 5.26 Å². The zero-order chi connectivity index (χ0) is 12.0. The van der Waals surface area contributed by atoms with Gasteiger partial charge in [-0.15, -0.1) is 0 Å². The van der Waals surface area contributed by atoms with E-state index >= 15 is 0 Å². The first-order chi connectivity index (χ1) is 8.20. The number of nitrogens with two attached hydrogens (primary N) is 1. The summed E-state index contributed by atoms with van der Waals surface area (Å²) in [5.41, 5.74) is 7.44. The molecule has 2 heterocycles. The van der Waals surface area contributed by atoms with Gasteiger partial charge in [0.15, 0.2) is 11.2 Å². The summed E-state index contributed by atoms with van der Waals surface area (Å²) in [6.07, 6.45) is 0. The molecular weight excluding hydrogens is 221 g/mol. The molecule has 1 aromatic carbocycles. The quantitative estimate of drug-likeness (QED) is 0.473. The van der Waals surface area contributed by atoms with Crippen LogP contribution in [0.1, 0.15) is 5.56 Å². The molecule has 0 radical (unpaired) electrons. The van der Waals surface area contributed by atoms with Crippen LogP contribution in [0.15, 0.2) is 28.7 Å². The first-order valence-corrected chi connectivity index (χ1v) is 4.88. The number of aromatic nitrogens is 1. The summed E-state index contributed by atoms with van der Waals surface area (Å²) in [6.45, 7) is 0. The Morgan fingerprint density at radius 1 is 1.29 bits per heavy atom. The third-order valence-corrected chi connectivity index (χ3v) is 2.59. The zero-order valence-electron chi connectivity index (χ0n) is 8.57. The Hall–Kier alpha value is -2.61. The second-order valence-corrected chi connectivity index (χ2v) is 3.60. The van der Waals surface area contributed by atoms with Gasteiger partial charge in [0.05, 0.1) is 5.69 Å². The number of nitrogens with zero attached hydrogens (tertiary/aromatic N) is 2. The first-order valence-electron chi connectivity index (χ1n) is 4.88. The number of hydrogen-bond acceptors (Lipinski definition) is 4. The molecule has 4 nitrogen and oxygen atoms in total. The molecule has 0 atom stereocenters. The van der Waals surface area contributed by atoms with Gasteiger partial charge in [0, 0.05) is 5.39 Å². The van der Waals surface area contributed by atoms with Gasteiger partial charge in [0.1, 0.15) is 17.1 Å². The monoisotopic (exact) mass is 227 g/mol. The smallest absolute Gasteiger partial charge is 0.213 e. The Labute approximate surface area is 95.1 Å². The second kappa shape index (κ2) is 3.19. The molecule has 0 aliphatic carbocycles. The van der Waals surface area contributed by atoms with Gasteiger partial charge < -0.3 is 10.2 Å². The topological polar surface area (TPSA) is 75.8 Å². The molecule has 0 amide bonds. The summed E-state index contributed by atoms with van der Waals surface area (Å²) in [5, 5.41) is 9.60. The number of benzene rings is 1. The summed E-state index contributed by atoms with van der Waals surface area (Å²) in [6, 6.07) is 7.92. The Bertz CT molecular complexity index is 786. The number of furan rings is 1. The van der Waals surface area contributed by atoms with Crippen LogP contribution in [0.5, 0.6) is 0 Å². The molecule has 3 aromatic rings. The molecule has 0 spiro atoms. The van der Waals surface area contributed by atoms with Crippen LogP contribution in [-0.4, -0.2) is 4.98 Å². The number of fused-ring (bicyclic) bond motifs is 3. The van der Waals surface area contributed by atoms with Crippen molar-refractivity contribution in [2.45, 2.75) is 0 Å². The van der Waals surface area contributed by atoms with Crippen molar-refractivity contribution in [1.82, 2.24) is 4.98 Å².